The molecular formula is C30H30BO4. The molecular weight excluding hydrogens is 435 g/mol. The van der Waals surface area contributed by atoms with E-state index in [-0.39, 0.29) is 0 Å². The van der Waals surface area contributed by atoms with Crippen molar-refractivity contribution in [2.75, 3.05) is 0 Å². The molecule has 0 atom stereocenters. The SMILES string of the molecule is Cc1cc(OCc2ccccc2)cc(C)c1O[B]Oc1c(C)cc(OCc2ccccc2)cc1C. The lowest BCUT2D eigenvalue weighted by Crippen LogP contribution is -2.14. The van der Waals surface area contributed by atoms with Crippen molar-refractivity contribution in [3.63, 3.8) is 0 Å². The number of rotatable bonds is 10. The summed E-state index contributed by atoms with van der Waals surface area (Å²) in [5.41, 5.74) is 6.17. The number of aryl methyl sites for hydroxylation is 4. The van der Waals surface area contributed by atoms with Crippen molar-refractivity contribution in [1.82, 2.24) is 0 Å². The highest BCUT2D eigenvalue weighted by Gasteiger charge is 2.13. The summed E-state index contributed by atoms with van der Waals surface area (Å²) in [6.07, 6.45) is 0. The third-order valence-electron chi connectivity index (χ3n) is 5.70. The molecule has 35 heavy (non-hydrogen) atoms. The van der Waals surface area contributed by atoms with E-state index < -0.39 is 0 Å². The van der Waals surface area contributed by atoms with E-state index in [1.165, 1.54) is 7.69 Å². The minimum absolute atomic E-state index is 0.527. The van der Waals surface area contributed by atoms with Gasteiger partial charge in [-0.25, -0.2) is 0 Å². The van der Waals surface area contributed by atoms with Crippen LogP contribution in [0.1, 0.15) is 33.4 Å². The molecule has 0 fully saturated rings. The lowest BCUT2D eigenvalue weighted by Gasteiger charge is -2.17. The molecule has 177 valence electrons. The Morgan fingerprint density at radius 3 is 1.20 bits per heavy atom. The summed E-state index contributed by atoms with van der Waals surface area (Å²) in [5.74, 6) is 3.15. The fourth-order valence-corrected chi connectivity index (χ4v) is 3.96. The second-order valence-corrected chi connectivity index (χ2v) is 8.65. The summed E-state index contributed by atoms with van der Waals surface area (Å²) >= 11 is 0. The molecule has 0 aromatic heterocycles. The van der Waals surface area contributed by atoms with Crippen LogP contribution in [0.15, 0.2) is 84.9 Å². The maximum Gasteiger partial charge on any atom is 0.658 e. The van der Waals surface area contributed by atoms with Crippen LogP contribution in [0, 0.1) is 27.7 Å². The number of hydrogen-bond acceptors (Lipinski definition) is 4. The summed E-state index contributed by atoms with van der Waals surface area (Å²) in [6.45, 7) is 9.06. The first-order valence-electron chi connectivity index (χ1n) is 11.7. The third kappa shape index (κ3) is 6.60. The van der Waals surface area contributed by atoms with Crippen LogP contribution < -0.4 is 18.8 Å². The third-order valence-corrected chi connectivity index (χ3v) is 5.70. The van der Waals surface area contributed by atoms with Crippen molar-refractivity contribution in [2.45, 2.75) is 40.9 Å². The first-order valence-corrected chi connectivity index (χ1v) is 11.7. The van der Waals surface area contributed by atoms with Crippen LogP contribution in [0.5, 0.6) is 23.0 Å². The predicted octanol–water partition coefficient (Wildman–Crippen LogP) is 7.07. The zero-order valence-electron chi connectivity index (χ0n) is 20.7. The monoisotopic (exact) mass is 465 g/mol. The van der Waals surface area contributed by atoms with Gasteiger partial charge in [0, 0.05) is 0 Å². The smallest absolute Gasteiger partial charge is 0.526 e. The Morgan fingerprint density at radius 2 is 0.857 bits per heavy atom. The van der Waals surface area contributed by atoms with Gasteiger partial charge >= 0.3 is 7.69 Å². The highest BCUT2D eigenvalue weighted by Crippen LogP contribution is 2.31. The Hall–Kier alpha value is -3.86. The van der Waals surface area contributed by atoms with Crippen molar-refractivity contribution in [3.8, 4) is 23.0 Å². The van der Waals surface area contributed by atoms with Crippen LogP contribution >= 0.6 is 0 Å². The van der Waals surface area contributed by atoms with Crippen molar-refractivity contribution in [2.24, 2.45) is 0 Å². The molecule has 1 radical (unpaired) electrons. The van der Waals surface area contributed by atoms with E-state index in [0.717, 1.165) is 56.4 Å². The Balaban J connectivity index is 1.34. The molecule has 0 N–H and O–H groups in total. The van der Waals surface area contributed by atoms with E-state index in [2.05, 4.69) is 24.3 Å². The summed E-state index contributed by atoms with van der Waals surface area (Å²) < 4.78 is 23.7. The van der Waals surface area contributed by atoms with Crippen molar-refractivity contribution >= 4 is 7.69 Å². The van der Waals surface area contributed by atoms with E-state index in [0.29, 0.717) is 13.2 Å². The van der Waals surface area contributed by atoms with Gasteiger partial charge < -0.3 is 18.8 Å². The molecule has 0 spiro atoms. The molecule has 0 bridgehead atoms. The van der Waals surface area contributed by atoms with Crippen LogP contribution in [-0.4, -0.2) is 7.69 Å². The molecule has 4 aromatic carbocycles. The fourth-order valence-electron chi connectivity index (χ4n) is 3.96. The van der Waals surface area contributed by atoms with Crippen LogP contribution in [0.25, 0.3) is 0 Å². The normalized spacial score (nSPS) is 10.5. The van der Waals surface area contributed by atoms with E-state index >= 15 is 0 Å². The number of hydrogen-bond donors (Lipinski definition) is 0. The highest BCUT2D eigenvalue weighted by molar-refractivity contribution is 6.21. The summed E-state index contributed by atoms with van der Waals surface area (Å²) in [4.78, 5) is 0. The lowest BCUT2D eigenvalue weighted by atomic mass is 10.1. The first kappa shape index (κ1) is 24.3. The van der Waals surface area contributed by atoms with E-state index in [1.807, 2.05) is 88.4 Å². The molecule has 4 aromatic rings. The maximum atomic E-state index is 5.96. The molecule has 0 saturated heterocycles. The Kier molecular flexibility index (Phi) is 7.99. The van der Waals surface area contributed by atoms with E-state index in [9.17, 15) is 0 Å². The van der Waals surface area contributed by atoms with E-state index in [4.69, 9.17) is 18.8 Å². The average molecular weight is 465 g/mol. The van der Waals surface area contributed by atoms with Crippen LogP contribution in [0.4, 0.5) is 0 Å². The molecule has 0 unspecified atom stereocenters. The summed E-state index contributed by atoms with van der Waals surface area (Å²) in [7, 11) is 1.39. The minimum Gasteiger partial charge on any atom is -0.526 e. The molecule has 0 heterocycles. The van der Waals surface area contributed by atoms with Crippen LogP contribution in [0.2, 0.25) is 0 Å². The van der Waals surface area contributed by atoms with Crippen LogP contribution in [-0.2, 0) is 13.2 Å². The van der Waals surface area contributed by atoms with Gasteiger partial charge in [-0.3, -0.25) is 0 Å². The largest absolute Gasteiger partial charge is 0.658 e. The zero-order chi connectivity index (χ0) is 24.6. The van der Waals surface area contributed by atoms with Gasteiger partial charge in [0.1, 0.15) is 36.2 Å². The molecule has 0 amide bonds. The number of ether oxygens (including phenoxy) is 2. The van der Waals surface area contributed by atoms with Gasteiger partial charge in [-0.15, -0.1) is 0 Å². The Morgan fingerprint density at radius 1 is 0.514 bits per heavy atom. The molecule has 0 aliphatic rings. The summed E-state index contributed by atoms with van der Waals surface area (Å²) in [6, 6.07) is 28.2. The maximum absolute atomic E-state index is 5.96. The first-order chi connectivity index (χ1) is 17.0. The van der Waals surface area contributed by atoms with Crippen LogP contribution in [0.3, 0.4) is 0 Å². The fraction of sp³-hybridized carbons (Fsp3) is 0.200. The second kappa shape index (κ2) is 11.5. The quantitative estimate of drug-likeness (QED) is 0.235. The standard InChI is InChI=1S/C30H30BO4/c1-21-15-27(32-19-25-11-7-5-8-12-25)16-22(2)29(21)34-31-35-30-23(3)17-28(18-24(30)4)33-20-26-13-9-6-10-14-26/h5-18H,19-20H2,1-4H3. The summed E-state index contributed by atoms with van der Waals surface area (Å²) in [5, 5.41) is 0. The molecule has 4 nitrogen and oxygen atoms in total. The van der Waals surface area contributed by atoms with Gasteiger partial charge in [-0.1, -0.05) is 60.7 Å². The zero-order valence-corrected chi connectivity index (χ0v) is 20.7. The second-order valence-electron chi connectivity index (χ2n) is 8.65. The van der Waals surface area contributed by atoms with Gasteiger partial charge in [0.15, 0.2) is 0 Å². The average Bonchev–Trinajstić information content (AvgIpc) is 2.86. The highest BCUT2D eigenvalue weighted by atomic mass is 16.6. The Bertz CT molecular complexity index is 1110. The van der Waals surface area contributed by atoms with Crippen molar-refractivity contribution in [1.29, 1.82) is 0 Å². The van der Waals surface area contributed by atoms with Gasteiger partial charge in [0.25, 0.3) is 0 Å². The Labute approximate surface area is 208 Å². The molecule has 5 heteroatoms. The van der Waals surface area contributed by atoms with Crippen molar-refractivity contribution in [3.05, 3.63) is 118 Å². The molecule has 0 aliphatic heterocycles. The molecule has 4 rings (SSSR count). The van der Waals surface area contributed by atoms with Gasteiger partial charge in [0.2, 0.25) is 0 Å². The van der Waals surface area contributed by atoms with E-state index in [1.54, 1.807) is 0 Å². The lowest BCUT2D eigenvalue weighted by molar-refractivity contribution is 0.305. The number of benzene rings is 4. The van der Waals surface area contributed by atoms with Gasteiger partial charge in [-0.2, -0.15) is 0 Å². The predicted molar refractivity (Wildman–Crippen MR) is 140 cm³/mol. The van der Waals surface area contributed by atoms with Gasteiger partial charge in [-0.05, 0) is 85.3 Å². The molecule has 0 saturated carbocycles. The minimum atomic E-state index is 0.527. The molecule has 0 aliphatic carbocycles. The topological polar surface area (TPSA) is 36.9 Å². The van der Waals surface area contributed by atoms with Gasteiger partial charge in [0.05, 0.1) is 0 Å². The van der Waals surface area contributed by atoms with Crippen molar-refractivity contribution < 1.29 is 18.8 Å².